The molecule has 0 unspecified atom stereocenters. The van der Waals surface area contributed by atoms with E-state index >= 15 is 0 Å². The average Bonchev–Trinajstić information content (AvgIpc) is 3.38. The summed E-state index contributed by atoms with van der Waals surface area (Å²) < 4.78 is 41.3. The number of nitro groups is 1. The van der Waals surface area contributed by atoms with Crippen molar-refractivity contribution in [3.63, 3.8) is 0 Å². The minimum Gasteiger partial charge on any atom is -0.443 e. The fourth-order valence-electron chi connectivity index (χ4n) is 5.48. The van der Waals surface area contributed by atoms with E-state index in [4.69, 9.17) is 9.16 Å². The molecule has 1 aliphatic rings. The average molecular weight is 623 g/mol. The van der Waals surface area contributed by atoms with Gasteiger partial charge in [-0.1, -0.05) is 106 Å². The smallest absolute Gasteiger partial charge is 0.424 e. The quantitative estimate of drug-likeness (QED) is 0.135. The van der Waals surface area contributed by atoms with Gasteiger partial charge in [-0.2, -0.15) is 4.31 Å². The van der Waals surface area contributed by atoms with E-state index in [1.54, 1.807) is 32.9 Å². The van der Waals surface area contributed by atoms with Gasteiger partial charge in [-0.15, -0.1) is 0 Å². The SMILES string of the molecule is CC(C)(C)OC(=O)N([C@@H]1C=C[C@H](O[Si](c2ccccc2)(c2ccccc2)C(C)(C)C)C1)S(=O)(=O)c1ccccc1[N+](=O)[O-]. The molecule has 0 aromatic heterocycles. The highest BCUT2D eigenvalue weighted by Gasteiger charge is 2.52. The van der Waals surface area contributed by atoms with Crippen LogP contribution in [-0.2, 0) is 19.2 Å². The Hall–Kier alpha value is -3.80. The van der Waals surface area contributed by atoms with Crippen LogP contribution in [0.15, 0.2) is 102 Å². The Kier molecular flexibility index (Phi) is 9.01. The fraction of sp³-hybridized carbons (Fsp3) is 0.344. The molecule has 3 aromatic rings. The van der Waals surface area contributed by atoms with Gasteiger partial charge in [-0.25, -0.2) is 13.2 Å². The van der Waals surface area contributed by atoms with E-state index < -0.39 is 57.7 Å². The summed E-state index contributed by atoms with van der Waals surface area (Å²) in [6.07, 6.45) is 1.83. The molecule has 4 rings (SSSR count). The van der Waals surface area contributed by atoms with E-state index in [1.165, 1.54) is 12.1 Å². The van der Waals surface area contributed by atoms with Gasteiger partial charge >= 0.3 is 6.09 Å². The second kappa shape index (κ2) is 12.1. The van der Waals surface area contributed by atoms with Crippen molar-refractivity contribution < 1.29 is 27.3 Å². The van der Waals surface area contributed by atoms with E-state index in [-0.39, 0.29) is 11.5 Å². The first-order valence-corrected chi connectivity index (χ1v) is 17.4. The number of ether oxygens (including phenoxy) is 1. The van der Waals surface area contributed by atoms with Gasteiger partial charge in [0.1, 0.15) is 5.60 Å². The van der Waals surface area contributed by atoms with Crippen molar-refractivity contribution >= 4 is 40.5 Å². The number of hydrogen-bond donors (Lipinski definition) is 0. The largest absolute Gasteiger partial charge is 0.443 e. The van der Waals surface area contributed by atoms with Crippen molar-refractivity contribution in [1.29, 1.82) is 0 Å². The molecule has 228 valence electrons. The number of rotatable bonds is 8. The number of benzene rings is 3. The number of nitro benzene ring substituents is 1. The number of sulfonamides is 1. The molecule has 9 nitrogen and oxygen atoms in total. The molecular weight excluding hydrogens is 585 g/mol. The van der Waals surface area contributed by atoms with E-state index in [0.717, 1.165) is 22.5 Å². The zero-order valence-corrected chi connectivity index (χ0v) is 27.1. The third-order valence-corrected chi connectivity index (χ3v) is 14.1. The van der Waals surface area contributed by atoms with Crippen molar-refractivity contribution in [2.75, 3.05) is 0 Å². The molecule has 0 bridgehead atoms. The molecule has 0 fully saturated rings. The number of carbonyl (C=O) groups is 1. The summed E-state index contributed by atoms with van der Waals surface area (Å²) in [6.45, 7) is 11.3. The number of nitrogens with zero attached hydrogens (tertiary/aromatic N) is 2. The van der Waals surface area contributed by atoms with Crippen LogP contribution in [0.2, 0.25) is 5.04 Å². The van der Waals surface area contributed by atoms with Gasteiger partial charge in [0.15, 0.2) is 4.90 Å². The Morgan fingerprint density at radius 2 is 1.37 bits per heavy atom. The molecule has 0 heterocycles. The van der Waals surface area contributed by atoms with Crippen LogP contribution in [0, 0.1) is 10.1 Å². The number of carbonyl (C=O) groups excluding carboxylic acids is 1. The molecule has 3 aromatic carbocycles. The maximum atomic E-state index is 14.0. The molecule has 0 N–H and O–H groups in total. The minimum atomic E-state index is -4.71. The van der Waals surface area contributed by atoms with Crippen molar-refractivity contribution in [1.82, 2.24) is 4.31 Å². The van der Waals surface area contributed by atoms with Crippen LogP contribution in [0.4, 0.5) is 10.5 Å². The lowest BCUT2D eigenvalue weighted by Gasteiger charge is -2.44. The Bertz CT molecular complexity index is 1560. The highest BCUT2D eigenvalue weighted by molar-refractivity contribution is 7.89. The van der Waals surface area contributed by atoms with Crippen molar-refractivity contribution in [2.24, 2.45) is 0 Å². The molecular formula is C32H38N2O7SSi. The molecule has 0 spiro atoms. The minimum absolute atomic E-state index is 0.115. The van der Waals surface area contributed by atoms with Gasteiger partial charge in [-0.3, -0.25) is 10.1 Å². The van der Waals surface area contributed by atoms with Gasteiger partial charge in [0.05, 0.1) is 17.1 Å². The highest BCUT2D eigenvalue weighted by Crippen LogP contribution is 2.40. The van der Waals surface area contributed by atoms with Crippen LogP contribution in [0.5, 0.6) is 0 Å². The Morgan fingerprint density at radius 3 is 1.86 bits per heavy atom. The van der Waals surface area contributed by atoms with Crippen LogP contribution >= 0.6 is 0 Å². The van der Waals surface area contributed by atoms with Gasteiger partial charge in [-0.05, 0) is 42.2 Å². The summed E-state index contributed by atoms with van der Waals surface area (Å²) in [6, 6.07) is 24.0. The maximum Gasteiger partial charge on any atom is 0.424 e. The lowest BCUT2D eigenvalue weighted by molar-refractivity contribution is -0.387. The first-order valence-electron chi connectivity index (χ1n) is 14.1. The molecule has 11 heteroatoms. The first-order chi connectivity index (χ1) is 20.1. The predicted molar refractivity (Wildman–Crippen MR) is 168 cm³/mol. The molecule has 2 atom stereocenters. The van der Waals surface area contributed by atoms with Crippen LogP contribution in [0.25, 0.3) is 0 Å². The number of para-hydroxylation sites is 1. The summed E-state index contributed by atoms with van der Waals surface area (Å²) in [7, 11) is -7.71. The van der Waals surface area contributed by atoms with E-state index in [2.05, 4.69) is 45.0 Å². The zero-order valence-electron chi connectivity index (χ0n) is 25.3. The summed E-state index contributed by atoms with van der Waals surface area (Å²) in [4.78, 5) is 23.9. The topological polar surface area (TPSA) is 116 Å². The molecule has 1 amide bonds. The molecule has 43 heavy (non-hydrogen) atoms. The van der Waals surface area contributed by atoms with Crippen molar-refractivity contribution in [3.8, 4) is 0 Å². The molecule has 0 radical (unpaired) electrons. The summed E-state index contributed by atoms with van der Waals surface area (Å²) in [5, 5.41) is 13.5. The van der Waals surface area contributed by atoms with E-state index in [1.807, 2.05) is 36.4 Å². The van der Waals surface area contributed by atoms with Gasteiger partial charge < -0.3 is 9.16 Å². The zero-order chi connectivity index (χ0) is 31.6. The van der Waals surface area contributed by atoms with Gasteiger partial charge in [0.25, 0.3) is 24.0 Å². The monoisotopic (exact) mass is 622 g/mol. The van der Waals surface area contributed by atoms with Gasteiger partial charge in [0, 0.05) is 12.5 Å². The lowest BCUT2D eigenvalue weighted by Crippen LogP contribution is -2.67. The second-order valence-corrected chi connectivity index (χ2v) is 18.5. The predicted octanol–water partition coefficient (Wildman–Crippen LogP) is 5.79. The molecule has 0 saturated carbocycles. The van der Waals surface area contributed by atoms with Crippen molar-refractivity contribution in [3.05, 3.63) is 107 Å². The standard InChI is InChI=1S/C32H38N2O7SSi/c1-31(2,3)40-30(35)33(42(38,39)29-20-14-13-19-28(29)34(36)37)24-21-22-25(23-24)41-43(32(4,5)6,26-15-9-7-10-16-26)27-17-11-8-12-18-27/h7-22,24-25H,23H2,1-6H3/t24-,25+/m1/s1. The van der Waals surface area contributed by atoms with Crippen LogP contribution in [0.3, 0.4) is 0 Å². The van der Waals surface area contributed by atoms with E-state index in [0.29, 0.717) is 4.31 Å². The maximum absolute atomic E-state index is 14.0. The Labute approximate surface area is 254 Å². The normalized spacial score (nSPS) is 17.4. The fourth-order valence-corrected chi connectivity index (χ4v) is 11.7. The van der Waals surface area contributed by atoms with Crippen LogP contribution < -0.4 is 10.4 Å². The Morgan fingerprint density at radius 1 is 0.860 bits per heavy atom. The third kappa shape index (κ3) is 6.58. The first kappa shape index (κ1) is 32.1. The number of amides is 1. The summed E-state index contributed by atoms with van der Waals surface area (Å²) >= 11 is 0. The summed E-state index contributed by atoms with van der Waals surface area (Å²) in [5.41, 5.74) is -1.64. The van der Waals surface area contributed by atoms with Crippen molar-refractivity contribution in [2.45, 2.75) is 75.6 Å². The number of hydrogen-bond acceptors (Lipinski definition) is 7. The third-order valence-electron chi connectivity index (χ3n) is 7.24. The van der Waals surface area contributed by atoms with Crippen LogP contribution in [-0.4, -0.2) is 49.8 Å². The second-order valence-electron chi connectivity index (χ2n) is 12.5. The van der Waals surface area contributed by atoms with Gasteiger partial charge in [0.2, 0.25) is 0 Å². The molecule has 1 aliphatic carbocycles. The summed E-state index contributed by atoms with van der Waals surface area (Å²) in [5.74, 6) is 0. The molecule has 0 saturated heterocycles. The lowest BCUT2D eigenvalue weighted by atomic mass is 10.2. The molecule has 0 aliphatic heterocycles. The Balaban J connectivity index is 1.78. The van der Waals surface area contributed by atoms with E-state index in [9.17, 15) is 23.3 Å². The van der Waals surface area contributed by atoms with Crippen LogP contribution in [0.1, 0.15) is 48.0 Å². The highest BCUT2D eigenvalue weighted by atomic mass is 32.2.